The number of fused-ring (bicyclic) bond motifs is 1. The molecule has 2 N–H and O–H groups in total. The van der Waals surface area contributed by atoms with Gasteiger partial charge in [-0.3, -0.25) is 14.9 Å². The van der Waals surface area contributed by atoms with Crippen LogP contribution < -0.4 is 5.32 Å². The number of dihydropyridines is 1. The van der Waals surface area contributed by atoms with Crippen molar-refractivity contribution in [2.24, 2.45) is 12.0 Å². The second kappa shape index (κ2) is 8.93. The monoisotopic (exact) mass is 435 g/mol. The SMILES string of the molecule is Cn1cc2cc(NC(=O)/C(=C3/N=C(OCC(F)F)C=CC3=N)c3ccccc3)ccc2n1. The van der Waals surface area contributed by atoms with Crippen LogP contribution in [0.2, 0.25) is 0 Å². The minimum atomic E-state index is -2.67. The smallest absolute Gasteiger partial charge is 0.272 e. The second-order valence-electron chi connectivity index (χ2n) is 7.02. The molecule has 1 aliphatic rings. The maximum Gasteiger partial charge on any atom is 0.272 e. The molecule has 2 aromatic carbocycles. The number of ether oxygens (including phenoxy) is 1. The minimum Gasteiger partial charge on any atom is -0.472 e. The Hall–Kier alpha value is -4.14. The molecule has 0 spiro atoms. The van der Waals surface area contributed by atoms with Crippen LogP contribution in [0.4, 0.5) is 14.5 Å². The third-order valence-electron chi connectivity index (χ3n) is 4.63. The third-order valence-corrected chi connectivity index (χ3v) is 4.63. The molecular weight excluding hydrogens is 416 g/mol. The van der Waals surface area contributed by atoms with Gasteiger partial charge in [-0.15, -0.1) is 0 Å². The Morgan fingerprint density at radius 3 is 2.72 bits per heavy atom. The lowest BCUT2D eigenvalue weighted by atomic mass is 9.99. The van der Waals surface area contributed by atoms with Crippen molar-refractivity contribution in [3.05, 3.63) is 78.1 Å². The van der Waals surface area contributed by atoms with Gasteiger partial charge in [0.15, 0.2) is 6.61 Å². The van der Waals surface area contributed by atoms with Crippen LogP contribution in [-0.4, -0.2) is 40.3 Å². The quantitative estimate of drug-likeness (QED) is 0.589. The maximum absolute atomic E-state index is 13.3. The van der Waals surface area contributed by atoms with Crippen LogP contribution in [0.5, 0.6) is 0 Å². The molecule has 1 aromatic heterocycles. The first-order chi connectivity index (χ1) is 15.4. The normalized spacial score (nSPS) is 15.1. The van der Waals surface area contributed by atoms with Crippen LogP contribution >= 0.6 is 0 Å². The van der Waals surface area contributed by atoms with E-state index in [1.807, 2.05) is 13.2 Å². The first-order valence-corrected chi connectivity index (χ1v) is 9.72. The summed E-state index contributed by atoms with van der Waals surface area (Å²) < 4.78 is 31.8. The van der Waals surface area contributed by atoms with Gasteiger partial charge in [-0.25, -0.2) is 13.8 Å². The summed E-state index contributed by atoms with van der Waals surface area (Å²) in [4.78, 5) is 17.5. The predicted molar refractivity (Wildman–Crippen MR) is 119 cm³/mol. The molecule has 162 valence electrons. The number of alkyl halides is 2. The van der Waals surface area contributed by atoms with E-state index in [0.717, 1.165) is 10.9 Å². The Morgan fingerprint density at radius 1 is 1.19 bits per heavy atom. The van der Waals surface area contributed by atoms with Gasteiger partial charge in [-0.05, 0) is 29.8 Å². The number of aromatic nitrogens is 2. The number of carbonyl (C=O) groups excluding carboxylic acids is 1. The van der Waals surface area contributed by atoms with E-state index in [1.54, 1.807) is 53.2 Å². The molecule has 3 aromatic rings. The molecule has 7 nitrogen and oxygen atoms in total. The number of hydrogen-bond acceptors (Lipinski definition) is 5. The number of rotatable bonds is 5. The number of aliphatic imine (C=N–C) groups is 1. The first kappa shape index (κ1) is 21.1. The summed E-state index contributed by atoms with van der Waals surface area (Å²) in [6.07, 6.45) is 1.85. The molecule has 0 saturated carbocycles. The molecule has 0 radical (unpaired) electrons. The zero-order valence-electron chi connectivity index (χ0n) is 17.0. The summed E-state index contributed by atoms with van der Waals surface area (Å²) in [6.45, 7) is -0.832. The molecule has 4 rings (SSSR count). The van der Waals surface area contributed by atoms with Crippen molar-refractivity contribution < 1.29 is 18.3 Å². The van der Waals surface area contributed by atoms with Gasteiger partial charge in [-0.2, -0.15) is 5.10 Å². The Morgan fingerprint density at radius 2 is 1.97 bits per heavy atom. The van der Waals surface area contributed by atoms with Gasteiger partial charge < -0.3 is 10.1 Å². The third kappa shape index (κ3) is 4.61. The molecule has 0 atom stereocenters. The van der Waals surface area contributed by atoms with Crippen molar-refractivity contribution in [2.75, 3.05) is 11.9 Å². The predicted octanol–water partition coefficient (Wildman–Crippen LogP) is 4.19. The van der Waals surface area contributed by atoms with E-state index in [-0.39, 0.29) is 22.9 Å². The number of nitrogens with one attached hydrogen (secondary N) is 2. The molecule has 2 heterocycles. The molecule has 0 unspecified atom stereocenters. The van der Waals surface area contributed by atoms with Crippen LogP contribution in [0.1, 0.15) is 5.56 Å². The zero-order chi connectivity index (χ0) is 22.7. The van der Waals surface area contributed by atoms with Gasteiger partial charge in [-0.1, -0.05) is 30.3 Å². The zero-order valence-corrected chi connectivity index (χ0v) is 17.0. The topological polar surface area (TPSA) is 92.4 Å². The lowest BCUT2D eigenvalue weighted by molar-refractivity contribution is -0.111. The molecule has 1 amide bonds. The fraction of sp³-hybridized carbons (Fsp3) is 0.130. The number of carbonyl (C=O) groups is 1. The Bertz CT molecular complexity index is 1280. The fourth-order valence-corrected chi connectivity index (χ4v) is 3.26. The van der Waals surface area contributed by atoms with Crippen LogP contribution in [0, 0.1) is 5.41 Å². The van der Waals surface area contributed by atoms with E-state index in [9.17, 15) is 13.6 Å². The number of nitrogens with zero attached hydrogens (tertiary/aromatic N) is 3. The average Bonchev–Trinajstić information content (AvgIpc) is 3.14. The number of hydrogen-bond donors (Lipinski definition) is 2. The van der Waals surface area contributed by atoms with Crippen LogP contribution in [0.15, 0.2) is 77.6 Å². The van der Waals surface area contributed by atoms with Gasteiger partial charge in [0.05, 0.1) is 16.8 Å². The van der Waals surface area contributed by atoms with Gasteiger partial charge >= 0.3 is 0 Å². The number of allylic oxidation sites excluding steroid dienone is 1. The Balaban J connectivity index is 1.73. The van der Waals surface area contributed by atoms with Crippen molar-refractivity contribution in [3.63, 3.8) is 0 Å². The van der Waals surface area contributed by atoms with E-state index in [0.29, 0.717) is 11.3 Å². The van der Waals surface area contributed by atoms with Crippen molar-refractivity contribution in [1.29, 1.82) is 5.41 Å². The van der Waals surface area contributed by atoms with E-state index >= 15 is 0 Å². The summed E-state index contributed by atoms with van der Waals surface area (Å²) in [5.41, 5.74) is 1.98. The van der Waals surface area contributed by atoms with Gasteiger partial charge in [0.1, 0.15) is 5.70 Å². The van der Waals surface area contributed by atoms with E-state index in [1.165, 1.54) is 12.2 Å². The highest BCUT2D eigenvalue weighted by molar-refractivity contribution is 6.33. The van der Waals surface area contributed by atoms with Gasteiger partial charge in [0, 0.05) is 30.4 Å². The fourth-order valence-electron chi connectivity index (χ4n) is 3.26. The van der Waals surface area contributed by atoms with Crippen molar-refractivity contribution in [1.82, 2.24) is 9.78 Å². The van der Waals surface area contributed by atoms with Gasteiger partial charge in [0.25, 0.3) is 12.3 Å². The second-order valence-corrected chi connectivity index (χ2v) is 7.02. The first-order valence-electron chi connectivity index (χ1n) is 9.72. The summed E-state index contributed by atoms with van der Waals surface area (Å²) >= 11 is 0. The molecule has 0 fully saturated rings. The average molecular weight is 435 g/mol. The van der Waals surface area contributed by atoms with Crippen molar-refractivity contribution >= 4 is 39.7 Å². The number of anilines is 1. The summed E-state index contributed by atoms with van der Waals surface area (Å²) in [5, 5.41) is 16.3. The number of aryl methyl sites for hydroxylation is 1. The van der Waals surface area contributed by atoms with Crippen molar-refractivity contribution in [3.8, 4) is 0 Å². The Kier molecular flexibility index (Phi) is 5.89. The van der Waals surface area contributed by atoms with Crippen LogP contribution in [-0.2, 0) is 16.6 Å². The van der Waals surface area contributed by atoms with E-state index in [4.69, 9.17) is 10.1 Å². The van der Waals surface area contributed by atoms with E-state index in [2.05, 4.69) is 15.4 Å². The van der Waals surface area contributed by atoms with Gasteiger partial charge in [0.2, 0.25) is 5.90 Å². The number of benzene rings is 2. The Labute approximate surface area is 182 Å². The summed E-state index contributed by atoms with van der Waals surface area (Å²) in [7, 11) is 1.81. The molecule has 9 heteroatoms. The highest BCUT2D eigenvalue weighted by Gasteiger charge is 2.23. The molecular formula is C23H19F2N5O2. The maximum atomic E-state index is 13.3. The molecule has 32 heavy (non-hydrogen) atoms. The van der Waals surface area contributed by atoms with Crippen LogP contribution in [0.25, 0.3) is 16.5 Å². The molecule has 0 bridgehead atoms. The number of amides is 1. The standard InChI is InChI=1S/C23H19F2N5O2/c1-30-12-15-11-16(7-9-18(15)29-30)27-23(31)21(14-5-3-2-4-6-14)22-17(26)8-10-20(28-22)32-13-19(24)25/h2-12,19,26H,13H2,1H3,(H,27,31)/b22-21+,26-17?. The highest BCUT2D eigenvalue weighted by Crippen LogP contribution is 2.26. The minimum absolute atomic E-state index is 0.0305. The summed E-state index contributed by atoms with van der Waals surface area (Å²) in [5.74, 6) is -0.583. The molecule has 1 aliphatic heterocycles. The molecule has 0 saturated heterocycles. The molecule has 0 aliphatic carbocycles. The number of halogens is 2. The highest BCUT2D eigenvalue weighted by atomic mass is 19.3. The van der Waals surface area contributed by atoms with Crippen molar-refractivity contribution in [2.45, 2.75) is 6.43 Å². The lowest BCUT2D eigenvalue weighted by Gasteiger charge is -2.16. The van der Waals surface area contributed by atoms with E-state index < -0.39 is 18.9 Å². The van der Waals surface area contributed by atoms with Crippen LogP contribution in [0.3, 0.4) is 0 Å². The largest absolute Gasteiger partial charge is 0.472 e. The lowest BCUT2D eigenvalue weighted by Crippen LogP contribution is -2.20. The summed E-state index contributed by atoms with van der Waals surface area (Å²) in [6, 6.07) is 14.1.